The molecule has 0 bridgehead atoms. The lowest BCUT2D eigenvalue weighted by atomic mass is 9.81. The smallest absolute Gasteiger partial charge is 0.227 e. The Morgan fingerprint density at radius 3 is 2.36 bits per heavy atom. The SMILES string of the molecule is O=C(NCC1CCCO1)C1CCC(C(=O)Nc2ccccc2Cl)CC1. The third kappa shape index (κ3) is 4.95. The molecule has 1 aromatic rings. The lowest BCUT2D eigenvalue weighted by Gasteiger charge is -2.27. The summed E-state index contributed by atoms with van der Waals surface area (Å²) < 4.78 is 5.53. The molecule has 1 aromatic carbocycles. The highest BCUT2D eigenvalue weighted by Gasteiger charge is 2.30. The minimum atomic E-state index is -0.0570. The molecule has 1 unspecified atom stereocenters. The zero-order valence-electron chi connectivity index (χ0n) is 14.3. The summed E-state index contributed by atoms with van der Waals surface area (Å²) in [6, 6.07) is 7.23. The van der Waals surface area contributed by atoms with Crippen LogP contribution in [0.1, 0.15) is 38.5 Å². The maximum Gasteiger partial charge on any atom is 0.227 e. The van der Waals surface area contributed by atoms with Crippen LogP contribution in [0.4, 0.5) is 5.69 Å². The van der Waals surface area contributed by atoms with Crippen molar-refractivity contribution in [2.45, 2.75) is 44.6 Å². The van der Waals surface area contributed by atoms with Gasteiger partial charge in [-0.25, -0.2) is 0 Å². The average molecular weight is 365 g/mol. The highest BCUT2D eigenvalue weighted by Crippen LogP contribution is 2.31. The number of hydrogen-bond donors (Lipinski definition) is 2. The second-order valence-corrected chi connectivity index (χ2v) is 7.31. The highest BCUT2D eigenvalue weighted by atomic mass is 35.5. The van der Waals surface area contributed by atoms with E-state index in [4.69, 9.17) is 16.3 Å². The minimum absolute atomic E-state index is 0.00534. The molecule has 2 amide bonds. The number of carbonyl (C=O) groups excluding carboxylic acids is 2. The molecule has 0 aromatic heterocycles. The van der Waals surface area contributed by atoms with Crippen LogP contribution in [0.5, 0.6) is 0 Å². The monoisotopic (exact) mass is 364 g/mol. The molecular formula is C19H25ClN2O3. The standard InChI is InChI=1S/C19H25ClN2O3/c20-16-5-1-2-6-17(16)22-19(24)14-9-7-13(8-10-14)18(23)21-12-15-4-3-11-25-15/h1-2,5-6,13-15H,3-4,7-12H2,(H,21,23)(H,22,24). The van der Waals surface area contributed by atoms with Gasteiger partial charge in [0.15, 0.2) is 0 Å². The Labute approximate surface area is 153 Å². The number of hydrogen-bond acceptors (Lipinski definition) is 3. The summed E-state index contributed by atoms with van der Waals surface area (Å²) in [6.45, 7) is 1.40. The average Bonchev–Trinajstić information content (AvgIpc) is 3.15. The Morgan fingerprint density at radius 1 is 1.04 bits per heavy atom. The van der Waals surface area contributed by atoms with E-state index in [9.17, 15) is 9.59 Å². The van der Waals surface area contributed by atoms with E-state index in [2.05, 4.69) is 10.6 Å². The molecule has 1 saturated heterocycles. The summed E-state index contributed by atoms with van der Waals surface area (Å²) >= 11 is 6.08. The van der Waals surface area contributed by atoms with Gasteiger partial charge in [0.25, 0.3) is 0 Å². The summed E-state index contributed by atoms with van der Waals surface area (Å²) in [7, 11) is 0. The van der Waals surface area contributed by atoms with Crippen LogP contribution in [0, 0.1) is 11.8 Å². The van der Waals surface area contributed by atoms with Gasteiger partial charge in [-0.15, -0.1) is 0 Å². The molecule has 2 fully saturated rings. The summed E-state index contributed by atoms with van der Waals surface area (Å²) in [5.41, 5.74) is 0.644. The maximum absolute atomic E-state index is 12.4. The predicted octanol–water partition coefficient (Wildman–Crippen LogP) is 3.38. The second kappa shape index (κ2) is 8.68. The van der Waals surface area contributed by atoms with Gasteiger partial charge in [-0.2, -0.15) is 0 Å². The van der Waals surface area contributed by atoms with Gasteiger partial charge in [-0.1, -0.05) is 23.7 Å². The van der Waals surface area contributed by atoms with Crippen LogP contribution < -0.4 is 10.6 Å². The molecule has 5 nitrogen and oxygen atoms in total. The third-order valence-corrected chi connectivity index (χ3v) is 5.46. The van der Waals surface area contributed by atoms with Gasteiger partial charge in [0, 0.05) is 25.0 Å². The van der Waals surface area contributed by atoms with E-state index in [0.717, 1.165) is 45.1 Å². The lowest BCUT2D eigenvalue weighted by Crippen LogP contribution is -2.38. The molecule has 1 saturated carbocycles. The Morgan fingerprint density at radius 2 is 1.72 bits per heavy atom. The fourth-order valence-corrected chi connectivity index (χ4v) is 3.76. The number of para-hydroxylation sites is 1. The highest BCUT2D eigenvalue weighted by molar-refractivity contribution is 6.33. The van der Waals surface area contributed by atoms with E-state index in [-0.39, 0.29) is 29.8 Å². The fourth-order valence-electron chi connectivity index (χ4n) is 3.58. The van der Waals surface area contributed by atoms with Crippen LogP contribution in [0.15, 0.2) is 24.3 Å². The van der Waals surface area contributed by atoms with E-state index >= 15 is 0 Å². The molecular weight excluding hydrogens is 340 g/mol. The zero-order valence-corrected chi connectivity index (χ0v) is 15.1. The Hall–Kier alpha value is -1.59. The quantitative estimate of drug-likeness (QED) is 0.841. The first-order valence-corrected chi connectivity index (χ1v) is 9.46. The predicted molar refractivity (Wildman–Crippen MR) is 97.5 cm³/mol. The third-order valence-electron chi connectivity index (χ3n) is 5.13. The van der Waals surface area contributed by atoms with Gasteiger partial charge in [0.05, 0.1) is 16.8 Å². The van der Waals surface area contributed by atoms with Gasteiger partial charge in [-0.05, 0) is 50.7 Å². The summed E-state index contributed by atoms with van der Waals surface area (Å²) in [4.78, 5) is 24.7. The van der Waals surface area contributed by atoms with Crippen LogP contribution in [0.2, 0.25) is 5.02 Å². The number of carbonyl (C=O) groups is 2. The van der Waals surface area contributed by atoms with Gasteiger partial charge < -0.3 is 15.4 Å². The van der Waals surface area contributed by atoms with Gasteiger partial charge in [0.1, 0.15) is 0 Å². The Bertz CT molecular complexity index is 608. The van der Waals surface area contributed by atoms with Crippen LogP contribution in [-0.2, 0) is 14.3 Å². The Kier molecular flexibility index (Phi) is 6.32. The van der Waals surface area contributed by atoms with Crippen molar-refractivity contribution in [3.05, 3.63) is 29.3 Å². The number of rotatable bonds is 5. The van der Waals surface area contributed by atoms with Crippen molar-refractivity contribution in [2.24, 2.45) is 11.8 Å². The molecule has 2 aliphatic rings. The molecule has 2 N–H and O–H groups in total. The van der Waals surface area contributed by atoms with E-state index in [1.54, 1.807) is 12.1 Å². The first-order chi connectivity index (χ1) is 12.1. The summed E-state index contributed by atoms with van der Waals surface area (Å²) in [6.07, 6.45) is 5.22. The normalized spacial score (nSPS) is 26.2. The van der Waals surface area contributed by atoms with E-state index < -0.39 is 0 Å². The van der Waals surface area contributed by atoms with Crippen LogP contribution in [-0.4, -0.2) is 31.1 Å². The molecule has 1 heterocycles. The maximum atomic E-state index is 12.4. The Balaban J connectivity index is 1.42. The van der Waals surface area contributed by atoms with Crippen molar-refractivity contribution in [3.8, 4) is 0 Å². The second-order valence-electron chi connectivity index (χ2n) is 6.90. The topological polar surface area (TPSA) is 67.4 Å². The minimum Gasteiger partial charge on any atom is -0.376 e. The van der Waals surface area contributed by atoms with Gasteiger partial charge in [-0.3, -0.25) is 9.59 Å². The van der Waals surface area contributed by atoms with E-state index in [0.29, 0.717) is 17.3 Å². The van der Waals surface area contributed by atoms with Crippen molar-refractivity contribution in [3.63, 3.8) is 0 Å². The van der Waals surface area contributed by atoms with Gasteiger partial charge in [0.2, 0.25) is 11.8 Å². The number of nitrogens with one attached hydrogen (secondary N) is 2. The molecule has 1 atom stereocenters. The van der Waals surface area contributed by atoms with Crippen molar-refractivity contribution < 1.29 is 14.3 Å². The molecule has 0 radical (unpaired) electrons. The molecule has 0 spiro atoms. The molecule has 1 aliphatic carbocycles. The number of anilines is 1. The van der Waals surface area contributed by atoms with Crippen LogP contribution in [0.25, 0.3) is 0 Å². The largest absolute Gasteiger partial charge is 0.376 e. The summed E-state index contributed by atoms with van der Waals surface area (Å²) in [5.74, 6) is 0.0380. The molecule has 1 aliphatic heterocycles. The van der Waals surface area contributed by atoms with Crippen molar-refractivity contribution in [1.29, 1.82) is 0 Å². The number of amides is 2. The van der Waals surface area contributed by atoms with Crippen LogP contribution >= 0.6 is 11.6 Å². The number of halogens is 1. The zero-order chi connectivity index (χ0) is 17.6. The fraction of sp³-hybridized carbons (Fsp3) is 0.579. The molecule has 6 heteroatoms. The lowest BCUT2D eigenvalue weighted by molar-refractivity contribution is -0.128. The molecule has 25 heavy (non-hydrogen) atoms. The van der Waals surface area contributed by atoms with Gasteiger partial charge >= 0.3 is 0 Å². The number of ether oxygens (including phenoxy) is 1. The first-order valence-electron chi connectivity index (χ1n) is 9.08. The first kappa shape index (κ1) is 18.2. The van der Waals surface area contributed by atoms with E-state index in [1.165, 1.54) is 0 Å². The van der Waals surface area contributed by atoms with Crippen molar-refractivity contribution in [1.82, 2.24) is 5.32 Å². The number of benzene rings is 1. The molecule has 3 rings (SSSR count). The van der Waals surface area contributed by atoms with E-state index in [1.807, 2.05) is 12.1 Å². The molecule has 136 valence electrons. The van der Waals surface area contributed by atoms with Crippen LogP contribution in [0.3, 0.4) is 0 Å². The van der Waals surface area contributed by atoms with Crippen molar-refractivity contribution >= 4 is 29.1 Å². The summed E-state index contributed by atoms with van der Waals surface area (Å²) in [5, 5.41) is 6.44. The van der Waals surface area contributed by atoms with Crippen molar-refractivity contribution in [2.75, 3.05) is 18.5 Å².